The SMILES string of the molecule is O=C(Nc1ccc(C2OC(=O)N(Cc3ccc(F)cc3)C2C(=O)Nc2ccccc2)cc1)c1ccc(F)cc1. The molecule has 1 aliphatic rings. The minimum Gasteiger partial charge on any atom is -0.438 e. The highest BCUT2D eigenvalue weighted by molar-refractivity contribution is 6.04. The predicted octanol–water partition coefficient (Wildman–Crippen LogP) is 5.92. The maximum absolute atomic E-state index is 13.5. The molecule has 1 saturated heterocycles. The van der Waals surface area contributed by atoms with Gasteiger partial charge in [-0.05, 0) is 71.8 Å². The van der Waals surface area contributed by atoms with Crippen LogP contribution in [-0.4, -0.2) is 28.8 Å². The van der Waals surface area contributed by atoms with E-state index in [1.807, 2.05) is 6.07 Å². The second kappa shape index (κ2) is 11.1. The number of nitrogens with zero attached hydrogens (tertiary/aromatic N) is 1. The highest BCUT2D eigenvalue weighted by atomic mass is 19.1. The van der Waals surface area contributed by atoms with Crippen LogP contribution < -0.4 is 10.6 Å². The van der Waals surface area contributed by atoms with E-state index in [1.54, 1.807) is 60.7 Å². The van der Waals surface area contributed by atoms with Crippen molar-refractivity contribution in [2.24, 2.45) is 0 Å². The summed E-state index contributed by atoms with van der Waals surface area (Å²) in [5.74, 6) is -1.72. The zero-order valence-electron chi connectivity index (χ0n) is 20.5. The molecule has 1 heterocycles. The third-order valence-corrected chi connectivity index (χ3v) is 6.26. The van der Waals surface area contributed by atoms with Crippen LogP contribution in [0.4, 0.5) is 25.0 Å². The third-order valence-electron chi connectivity index (χ3n) is 6.26. The first-order valence-corrected chi connectivity index (χ1v) is 12.1. The third kappa shape index (κ3) is 5.93. The Kier molecular flexibility index (Phi) is 7.31. The second-order valence-corrected chi connectivity index (χ2v) is 8.94. The van der Waals surface area contributed by atoms with Crippen molar-refractivity contribution >= 4 is 29.3 Å². The van der Waals surface area contributed by atoms with Crippen LogP contribution in [0, 0.1) is 11.6 Å². The summed E-state index contributed by atoms with van der Waals surface area (Å²) in [6, 6.07) is 25.2. The zero-order valence-corrected chi connectivity index (χ0v) is 20.5. The van der Waals surface area contributed by atoms with Gasteiger partial charge in [-0.25, -0.2) is 13.6 Å². The summed E-state index contributed by atoms with van der Waals surface area (Å²) in [5.41, 5.74) is 2.48. The van der Waals surface area contributed by atoms with Crippen molar-refractivity contribution in [1.82, 2.24) is 4.90 Å². The molecule has 0 radical (unpaired) electrons. The van der Waals surface area contributed by atoms with Crippen LogP contribution in [-0.2, 0) is 16.1 Å². The number of carbonyl (C=O) groups excluding carboxylic acids is 3. The summed E-state index contributed by atoms with van der Waals surface area (Å²) in [7, 11) is 0. The fourth-order valence-electron chi connectivity index (χ4n) is 4.29. The van der Waals surface area contributed by atoms with Gasteiger partial charge in [0, 0.05) is 16.9 Å². The fraction of sp³-hybridized carbons (Fsp3) is 0.100. The minimum absolute atomic E-state index is 0.0360. The van der Waals surface area contributed by atoms with Gasteiger partial charge in [-0.2, -0.15) is 0 Å². The Bertz CT molecular complexity index is 1480. The molecule has 9 heteroatoms. The Labute approximate surface area is 223 Å². The van der Waals surface area contributed by atoms with E-state index in [4.69, 9.17) is 4.74 Å². The average molecular weight is 528 g/mol. The standard InChI is InChI=1S/C30H23F2N3O4/c31-22-12-6-19(7-13-22)18-35-26(29(37)34-24-4-2-1-3-5-24)27(39-30(35)38)20-10-16-25(17-11-20)33-28(36)21-8-14-23(32)15-9-21/h1-17,26-27H,18H2,(H,33,36)(H,34,37). The van der Waals surface area contributed by atoms with Gasteiger partial charge in [-0.1, -0.05) is 42.5 Å². The van der Waals surface area contributed by atoms with E-state index in [2.05, 4.69) is 10.6 Å². The molecular formula is C30H23F2N3O4. The largest absolute Gasteiger partial charge is 0.438 e. The first-order valence-electron chi connectivity index (χ1n) is 12.1. The maximum Gasteiger partial charge on any atom is 0.411 e. The van der Waals surface area contributed by atoms with Crippen LogP contribution in [0.25, 0.3) is 0 Å². The molecular weight excluding hydrogens is 504 g/mol. The van der Waals surface area contributed by atoms with Crippen LogP contribution in [0.3, 0.4) is 0 Å². The Morgan fingerprint density at radius 1 is 0.744 bits per heavy atom. The molecule has 0 aliphatic carbocycles. The van der Waals surface area contributed by atoms with E-state index in [-0.39, 0.29) is 6.54 Å². The molecule has 196 valence electrons. The highest BCUT2D eigenvalue weighted by Gasteiger charge is 2.47. The van der Waals surface area contributed by atoms with Crippen LogP contribution in [0.15, 0.2) is 103 Å². The highest BCUT2D eigenvalue weighted by Crippen LogP contribution is 2.35. The van der Waals surface area contributed by atoms with Gasteiger partial charge >= 0.3 is 6.09 Å². The van der Waals surface area contributed by atoms with Crippen molar-refractivity contribution in [3.8, 4) is 0 Å². The molecule has 4 aromatic rings. The van der Waals surface area contributed by atoms with Crippen molar-refractivity contribution < 1.29 is 27.9 Å². The first kappa shape index (κ1) is 25.6. The number of amides is 3. The molecule has 0 bridgehead atoms. The zero-order chi connectivity index (χ0) is 27.4. The number of carbonyl (C=O) groups is 3. The molecule has 1 aliphatic heterocycles. The van der Waals surface area contributed by atoms with Crippen molar-refractivity contribution in [2.75, 3.05) is 10.6 Å². The van der Waals surface area contributed by atoms with E-state index in [0.717, 1.165) is 0 Å². The van der Waals surface area contributed by atoms with E-state index in [9.17, 15) is 23.2 Å². The molecule has 2 atom stereocenters. The molecule has 0 saturated carbocycles. The fourth-order valence-corrected chi connectivity index (χ4v) is 4.29. The Morgan fingerprint density at radius 3 is 1.97 bits per heavy atom. The van der Waals surface area contributed by atoms with Gasteiger partial charge in [0.2, 0.25) is 0 Å². The number of benzene rings is 4. The van der Waals surface area contributed by atoms with Crippen molar-refractivity contribution in [1.29, 1.82) is 0 Å². The maximum atomic E-state index is 13.5. The molecule has 0 spiro atoms. The Balaban J connectivity index is 1.38. The topological polar surface area (TPSA) is 87.7 Å². The molecule has 0 aromatic heterocycles. The van der Waals surface area contributed by atoms with E-state index >= 15 is 0 Å². The van der Waals surface area contributed by atoms with Gasteiger partial charge in [0.05, 0.1) is 6.54 Å². The van der Waals surface area contributed by atoms with E-state index in [1.165, 1.54) is 41.3 Å². The number of ether oxygens (including phenoxy) is 1. The van der Waals surface area contributed by atoms with Crippen LogP contribution in [0.5, 0.6) is 0 Å². The number of hydrogen-bond donors (Lipinski definition) is 2. The summed E-state index contributed by atoms with van der Waals surface area (Å²) in [4.78, 5) is 40.2. The molecule has 7 nitrogen and oxygen atoms in total. The number of halogens is 2. The van der Waals surface area contributed by atoms with Gasteiger partial charge in [0.25, 0.3) is 11.8 Å². The second-order valence-electron chi connectivity index (χ2n) is 8.94. The van der Waals surface area contributed by atoms with E-state index in [0.29, 0.717) is 28.1 Å². The van der Waals surface area contributed by atoms with Gasteiger partial charge in [0.15, 0.2) is 12.1 Å². The van der Waals surface area contributed by atoms with Crippen molar-refractivity contribution in [3.05, 3.63) is 131 Å². The Hall–Kier alpha value is -5.05. The number of para-hydroxylation sites is 1. The van der Waals surface area contributed by atoms with Crippen molar-refractivity contribution in [2.45, 2.75) is 18.7 Å². The van der Waals surface area contributed by atoms with Crippen LogP contribution in [0.1, 0.15) is 27.6 Å². The molecule has 1 fully saturated rings. The predicted molar refractivity (Wildman–Crippen MR) is 141 cm³/mol. The van der Waals surface area contributed by atoms with Gasteiger partial charge in [-0.15, -0.1) is 0 Å². The number of anilines is 2. The minimum atomic E-state index is -1.03. The number of hydrogen-bond acceptors (Lipinski definition) is 4. The monoisotopic (exact) mass is 527 g/mol. The lowest BCUT2D eigenvalue weighted by Crippen LogP contribution is -2.43. The van der Waals surface area contributed by atoms with E-state index < -0.39 is 41.7 Å². The van der Waals surface area contributed by atoms with Crippen LogP contribution >= 0.6 is 0 Å². The summed E-state index contributed by atoms with van der Waals surface area (Å²) in [5, 5.41) is 5.56. The normalized spacial score (nSPS) is 16.5. The molecule has 3 amide bonds. The molecule has 2 unspecified atom stereocenters. The summed E-state index contributed by atoms with van der Waals surface area (Å²) in [6.07, 6.45) is -1.63. The lowest BCUT2D eigenvalue weighted by molar-refractivity contribution is -0.121. The molecule has 2 N–H and O–H groups in total. The lowest BCUT2D eigenvalue weighted by Gasteiger charge is -2.24. The smallest absolute Gasteiger partial charge is 0.411 e. The number of nitrogens with one attached hydrogen (secondary N) is 2. The summed E-state index contributed by atoms with van der Waals surface area (Å²) in [6.45, 7) is 0.0360. The molecule has 39 heavy (non-hydrogen) atoms. The van der Waals surface area contributed by atoms with Gasteiger partial charge < -0.3 is 15.4 Å². The molecule has 4 aromatic carbocycles. The lowest BCUT2D eigenvalue weighted by atomic mass is 10.00. The Morgan fingerprint density at radius 2 is 1.33 bits per heavy atom. The van der Waals surface area contributed by atoms with Gasteiger partial charge in [0.1, 0.15) is 11.6 Å². The first-order chi connectivity index (χ1) is 18.9. The molecule has 5 rings (SSSR count). The number of cyclic esters (lactones) is 1. The van der Waals surface area contributed by atoms with Crippen LogP contribution in [0.2, 0.25) is 0 Å². The summed E-state index contributed by atoms with van der Waals surface area (Å²) >= 11 is 0. The quantitative estimate of drug-likeness (QED) is 0.313. The summed E-state index contributed by atoms with van der Waals surface area (Å²) < 4.78 is 32.2. The van der Waals surface area contributed by atoms with Crippen molar-refractivity contribution in [3.63, 3.8) is 0 Å². The number of rotatable bonds is 7. The average Bonchev–Trinajstić information content (AvgIpc) is 3.27. The van der Waals surface area contributed by atoms with Gasteiger partial charge in [-0.3, -0.25) is 14.5 Å².